The Morgan fingerprint density at radius 1 is 1.57 bits per heavy atom. The van der Waals surface area contributed by atoms with E-state index in [0.29, 0.717) is 6.07 Å². The van der Waals surface area contributed by atoms with Crippen molar-refractivity contribution >= 4 is 28.0 Å². The second-order valence-corrected chi connectivity index (χ2v) is 3.08. The molecule has 0 aliphatic rings. The first kappa shape index (κ1) is 10.6. The fraction of sp³-hybridized carbons (Fsp3) is 0. The molecule has 0 atom stereocenters. The highest BCUT2D eigenvalue weighted by Crippen LogP contribution is 2.30. The molecule has 1 N–H and O–H groups in total. The van der Waals surface area contributed by atoms with Crippen LogP contribution in [0.3, 0.4) is 0 Å². The molecule has 1 aromatic carbocycles. The SMILES string of the molecule is N#Cc1cc(F)c(NC=O)c(Br)c1F. The molecule has 0 aliphatic heterocycles. The summed E-state index contributed by atoms with van der Waals surface area (Å²) in [5, 5.41) is 10.4. The summed E-state index contributed by atoms with van der Waals surface area (Å²) in [6, 6.07) is 2.20. The van der Waals surface area contributed by atoms with Crippen molar-refractivity contribution in [3.8, 4) is 6.07 Å². The predicted octanol–water partition coefficient (Wildman–Crippen LogP) is 2.17. The summed E-state index contributed by atoms with van der Waals surface area (Å²) in [4.78, 5) is 10.1. The van der Waals surface area contributed by atoms with Crippen LogP contribution in [0.15, 0.2) is 10.5 Å². The number of hydrogen-bond donors (Lipinski definition) is 1. The lowest BCUT2D eigenvalue weighted by atomic mass is 10.2. The summed E-state index contributed by atoms with van der Waals surface area (Å²) in [6.45, 7) is 0. The Kier molecular flexibility index (Phi) is 3.14. The van der Waals surface area contributed by atoms with Crippen molar-refractivity contribution in [1.82, 2.24) is 0 Å². The average Bonchev–Trinajstić information content (AvgIpc) is 2.18. The lowest BCUT2D eigenvalue weighted by Crippen LogP contribution is -2.01. The zero-order chi connectivity index (χ0) is 10.7. The smallest absolute Gasteiger partial charge is 0.211 e. The van der Waals surface area contributed by atoms with Crippen molar-refractivity contribution in [3.63, 3.8) is 0 Å². The van der Waals surface area contributed by atoms with E-state index >= 15 is 0 Å². The van der Waals surface area contributed by atoms with Gasteiger partial charge in [0.15, 0.2) is 5.82 Å². The molecule has 0 saturated carbocycles. The van der Waals surface area contributed by atoms with Gasteiger partial charge in [0.05, 0.1) is 15.7 Å². The summed E-state index contributed by atoms with van der Waals surface area (Å²) in [5.74, 6) is -1.78. The third-order valence-electron chi connectivity index (χ3n) is 1.48. The molecule has 1 amide bonds. The first-order valence-electron chi connectivity index (χ1n) is 3.39. The van der Waals surface area contributed by atoms with Crippen LogP contribution in [-0.2, 0) is 4.79 Å². The zero-order valence-electron chi connectivity index (χ0n) is 6.64. The largest absolute Gasteiger partial charge is 0.325 e. The van der Waals surface area contributed by atoms with Gasteiger partial charge in [0.1, 0.15) is 11.9 Å². The highest BCUT2D eigenvalue weighted by Gasteiger charge is 2.15. The molecule has 0 aliphatic carbocycles. The van der Waals surface area contributed by atoms with Crippen LogP contribution < -0.4 is 5.32 Å². The number of nitrogens with zero attached hydrogens (tertiary/aromatic N) is 1. The number of nitrogens with one attached hydrogen (secondary N) is 1. The van der Waals surface area contributed by atoms with Crippen molar-refractivity contribution in [2.45, 2.75) is 0 Å². The minimum atomic E-state index is -0.904. The first-order chi connectivity index (χ1) is 6.61. The summed E-state index contributed by atoms with van der Waals surface area (Å²) >= 11 is 2.74. The lowest BCUT2D eigenvalue weighted by molar-refractivity contribution is -0.105. The topological polar surface area (TPSA) is 52.9 Å². The molecule has 0 unspecified atom stereocenters. The second kappa shape index (κ2) is 4.15. The summed E-state index contributed by atoms with van der Waals surface area (Å²) in [5.41, 5.74) is -0.748. The molecule has 0 radical (unpaired) electrons. The number of hydrogen-bond acceptors (Lipinski definition) is 2. The summed E-state index contributed by atoms with van der Waals surface area (Å²) in [6.07, 6.45) is 0.217. The first-order valence-corrected chi connectivity index (χ1v) is 4.19. The van der Waals surface area contributed by atoms with E-state index in [1.165, 1.54) is 6.07 Å². The zero-order valence-corrected chi connectivity index (χ0v) is 8.23. The monoisotopic (exact) mass is 260 g/mol. The maximum atomic E-state index is 13.2. The average molecular weight is 261 g/mol. The lowest BCUT2D eigenvalue weighted by Gasteiger charge is -2.05. The van der Waals surface area contributed by atoms with E-state index in [9.17, 15) is 13.6 Å². The van der Waals surface area contributed by atoms with Crippen LogP contribution >= 0.6 is 15.9 Å². The Morgan fingerprint density at radius 3 is 2.71 bits per heavy atom. The number of halogens is 3. The molecule has 0 saturated heterocycles. The number of rotatable bonds is 2. The number of carbonyl (C=O) groups is 1. The van der Waals surface area contributed by atoms with Gasteiger partial charge in [0, 0.05) is 0 Å². The van der Waals surface area contributed by atoms with E-state index in [0.717, 1.165) is 0 Å². The molecule has 1 aromatic rings. The van der Waals surface area contributed by atoms with Gasteiger partial charge in [0.25, 0.3) is 0 Å². The predicted molar refractivity (Wildman–Crippen MR) is 48.5 cm³/mol. The van der Waals surface area contributed by atoms with Gasteiger partial charge >= 0.3 is 0 Å². The molecule has 0 bridgehead atoms. The molecule has 3 nitrogen and oxygen atoms in total. The number of benzene rings is 1. The minimum absolute atomic E-state index is 0.217. The Hall–Kier alpha value is -1.48. The maximum absolute atomic E-state index is 13.2. The van der Waals surface area contributed by atoms with Crippen LogP contribution in [0.4, 0.5) is 14.5 Å². The molecular weight excluding hydrogens is 258 g/mol. The van der Waals surface area contributed by atoms with Crippen molar-refractivity contribution in [3.05, 3.63) is 27.7 Å². The molecule has 0 fully saturated rings. The Balaban J connectivity index is 3.42. The van der Waals surface area contributed by atoms with E-state index in [4.69, 9.17) is 5.26 Å². The van der Waals surface area contributed by atoms with Crippen molar-refractivity contribution < 1.29 is 13.6 Å². The van der Waals surface area contributed by atoms with Crippen molar-refractivity contribution in [1.29, 1.82) is 5.26 Å². The van der Waals surface area contributed by atoms with Crippen LogP contribution in [0.1, 0.15) is 5.56 Å². The van der Waals surface area contributed by atoms with Crippen LogP contribution in [0.2, 0.25) is 0 Å². The Labute approximate surface area is 86.5 Å². The van der Waals surface area contributed by atoms with Crippen LogP contribution in [-0.4, -0.2) is 6.41 Å². The fourth-order valence-corrected chi connectivity index (χ4v) is 1.39. The van der Waals surface area contributed by atoms with Crippen LogP contribution in [0.5, 0.6) is 0 Å². The highest BCUT2D eigenvalue weighted by atomic mass is 79.9. The van der Waals surface area contributed by atoms with Crippen molar-refractivity contribution in [2.24, 2.45) is 0 Å². The Morgan fingerprint density at radius 2 is 2.21 bits per heavy atom. The second-order valence-electron chi connectivity index (χ2n) is 2.28. The van der Waals surface area contributed by atoms with Crippen LogP contribution in [0.25, 0.3) is 0 Å². The summed E-state index contributed by atoms with van der Waals surface area (Å²) in [7, 11) is 0. The number of anilines is 1. The molecule has 14 heavy (non-hydrogen) atoms. The normalized spacial score (nSPS) is 9.29. The Bertz CT molecular complexity index is 428. The van der Waals surface area contributed by atoms with E-state index < -0.39 is 17.2 Å². The minimum Gasteiger partial charge on any atom is -0.325 e. The van der Waals surface area contributed by atoms with Gasteiger partial charge in [-0.3, -0.25) is 4.79 Å². The van der Waals surface area contributed by atoms with Crippen molar-refractivity contribution in [2.75, 3.05) is 5.32 Å². The van der Waals surface area contributed by atoms with Gasteiger partial charge in [-0.05, 0) is 22.0 Å². The quantitative estimate of drug-likeness (QED) is 0.655. The number of nitriles is 1. The van der Waals surface area contributed by atoms with Gasteiger partial charge < -0.3 is 5.32 Å². The maximum Gasteiger partial charge on any atom is 0.211 e. The fourth-order valence-electron chi connectivity index (χ4n) is 0.868. The van der Waals surface area contributed by atoms with Gasteiger partial charge in [-0.25, -0.2) is 8.78 Å². The van der Waals surface area contributed by atoms with Gasteiger partial charge in [-0.15, -0.1) is 0 Å². The number of amides is 1. The van der Waals surface area contributed by atoms with E-state index in [1.807, 2.05) is 5.32 Å². The highest BCUT2D eigenvalue weighted by molar-refractivity contribution is 9.10. The van der Waals surface area contributed by atoms with Gasteiger partial charge in [-0.1, -0.05) is 0 Å². The van der Waals surface area contributed by atoms with Crippen LogP contribution in [0, 0.1) is 23.0 Å². The van der Waals surface area contributed by atoms with E-state index in [-0.39, 0.29) is 16.6 Å². The molecule has 72 valence electrons. The molecule has 1 rings (SSSR count). The number of carbonyl (C=O) groups excluding carboxylic acids is 1. The standard InChI is InChI=1S/C8H3BrF2N2O/c9-6-7(11)4(2-12)1-5(10)8(6)13-3-14/h1,3H,(H,13,14). The third-order valence-corrected chi connectivity index (χ3v) is 2.23. The molecular formula is C8H3BrF2N2O. The molecule has 0 aromatic heterocycles. The molecule has 0 heterocycles. The van der Waals surface area contributed by atoms with E-state index in [1.54, 1.807) is 0 Å². The molecule has 0 spiro atoms. The van der Waals surface area contributed by atoms with E-state index in [2.05, 4.69) is 15.9 Å². The van der Waals surface area contributed by atoms with Gasteiger partial charge in [-0.2, -0.15) is 5.26 Å². The van der Waals surface area contributed by atoms with Gasteiger partial charge in [0.2, 0.25) is 6.41 Å². The molecule has 6 heteroatoms. The summed E-state index contributed by atoms with van der Waals surface area (Å²) < 4.78 is 26.0. The third kappa shape index (κ3) is 1.72.